The maximum absolute atomic E-state index is 5.69. The van der Waals surface area contributed by atoms with Gasteiger partial charge in [-0.15, -0.1) is 0 Å². The molecule has 0 aliphatic heterocycles. The van der Waals surface area contributed by atoms with Crippen LogP contribution in [-0.2, 0) is 0 Å². The molecule has 0 aliphatic rings. The Kier molecular flexibility index (Phi) is 8.36. The van der Waals surface area contributed by atoms with E-state index >= 15 is 0 Å². The van der Waals surface area contributed by atoms with E-state index in [-0.39, 0.29) is 6.10 Å². The van der Waals surface area contributed by atoms with Crippen molar-refractivity contribution in [3.8, 4) is 5.75 Å². The number of hydrogen-bond donors (Lipinski definition) is 1. The summed E-state index contributed by atoms with van der Waals surface area (Å²) < 4.78 is 5.69. The summed E-state index contributed by atoms with van der Waals surface area (Å²) in [5.41, 5.74) is 1.36. The summed E-state index contributed by atoms with van der Waals surface area (Å²) in [4.78, 5) is 0. The first-order chi connectivity index (χ1) is 9.67. The largest absolute Gasteiger partial charge is 0.491 e. The van der Waals surface area contributed by atoms with Crippen LogP contribution in [-0.4, -0.2) is 12.6 Å². The molecular formula is C18H31NO. The first-order valence-corrected chi connectivity index (χ1v) is 8.17. The molecule has 0 spiro atoms. The first kappa shape index (κ1) is 17.0. The Bertz CT molecular complexity index is 345. The number of nitrogens with one attached hydrogen (secondary N) is 1. The minimum Gasteiger partial charge on any atom is -0.491 e. The number of unbranched alkanes of at least 4 members (excludes halogenated alkanes) is 3. The molecule has 2 nitrogen and oxygen atoms in total. The third-order valence-electron chi connectivity index (χ3n) is 3.48. The highest BCUT2D eigenvalue weighted by Crippen LogP contribution is 2.21. The molecule has 0 aromatic heterocycles. The van der Waals surface area contributed by atoms with Gasteiger partial charge >= 0.3 is 0 Å². The molecule has 0 fully saturated rings. The van der Waals surface area contributed by atoms with Crippen LogP contribution in [0.2, 0.25) is 0 Å². The maximum Gasteiger partial charge on any atom is 0.119 e. The van der Waals surface area contributed by atoms with Crippen LogP contribution >= 0.6 is 0 Å². The van der Waals surface area contributed by atoms with Crippen LogP contribution in [0.1, 0.15) is 71.4 Å². The molecule has 1 unspecified atom stereocenters. The summed E-state index contributed by atoms with van der Waals surface area (Å²) in [7, 11) is 0. The quantitative estimate of drug-likeness (QED) is 0.601. The van der Waals surface area contributed by atoms with Crippen LogP contribution in [0.5, 0.6) is 5.75 Å². The monoisotopic (exact) mass is 277 g/mol. The molecule has 1 atom stereocenters. The molecular weight excluding hydrogens is 246 g/mol. The summed E-state index contributed by atoms with van der Waals surface area (Å²) in [6.07, 6.45) is 6.62. The fraction of sp³-hybridized carbons (Fsp3) is 0.667. The Labute approximate surface area is 124 Å². The van der Waals surface area contributed by atoms with Gasteiger partial charge < -0.3 is 10.1 Å². The number of benzene rings is 1. The second-order valence-electron chi connectivity index (χ2n) is 5.71. The minimum atomic E-state index is 0.236. The van der Waals surface area contributed by atoms with Gasteiger partial charge in [-0.3, -0.25) is 0 Å². The van der Waals surface area contributed by atoms with Gasteiger partial charge in [-0.1, -0.05) is 45.2 Å². The van der Waals surface area contributed by atoms with Gasteiger partial charge in [-0.2, -0.15) is 0 Å². The Morgan fingerprint density at radius 3 is 2.25 bits per heavy atom. The molecule has 0 heterocycles. The highest BCUT2D eigenvalue weighted by Gasteiger charge is 2.08. The molecule has 1 N–H and O–H groups in total. The van der Waals surface area contributed by atoms with Crippen molar-refractivity contribution >= 4 is 0 Å². The molecule has 20 heavy (non-hydrogen) atoms. The van der Waals surface area contributed by atoms with Gasteiger partial charge in [0.15, 0.2) is 0 Å². The van der Waals surface area contributed by atoms with Gasteiger partial charge in [0.05, 0.1) is 6.10 Å². The molecule has 0 saturated carbocycles. The van der Waals surface area contributed by atoms with E-state index in [2.05, 4.69) is 57.3 Å². The van der Waals surface area contributed by atoms with Gasteiger partial charge in [0.2, 0.25) is 0 Å². The Morgan fingerprint density at radius 2 is 1.70 bits per heavy atom. The molecule has 114 valence electrons. The zero-order valence-electron chi connectivity index (χ0n) is 13.6. The predicted molar refractivity (Wildman–Crippen MR) is 87.4 cm³/mol. The number of ether oxygens (including phenoxy) is 1. The van der Waals surface area contributed by atoms with Crippen molar-refractivity contribution in [3.63, 3.8) is 0 Å². The SMILES string of the molecule is CCCCCCNC(CC)c1ccc(OC(C)C)cc1. The summed E-state index contributed by atoms with van der Waals surface area (Å²) in [5, 5.41) is 3.66. The van der Waals surface area contributed by atoms with Crippen molar-refractivity contribution in [2.24, 2.45) is 0 Å². The van der Waals surface area contributed by atoms with Crippen molar-refractivity contribution < 1.29 is 4.74 Å². The topological polar surface area (TPSA) is 21.3 Å². The normalized spacial score (nSPS) is 12.7. The van der Waals surface area contributed by atoms with Crippen molar-refractivity contribution in [2.75, 3.05) is 6.54 Å². The standard InChI is InChI=1S/C18H31NO/c1-5-7-8-9-14-19-18(6-2)16-10-12-17(13-11-16)20-15(3)4/h10-13,15,18-19H,5-9,14H2,1-4H3. The van der Waals surface area contributed by atoms with Crippen molar-refractivity contribution in [3.05, 3.63) is 29.8 Å². The third kappa shape index (κ3) is 6.42. The van der Waals surface area contributed by atoms with Gasteiger partial charge in [-0.05, 0) is 50.9 Å². The molecule has 0 amide bonds. The Balaban J connectivity index is 2.44. The number of hydrogen-bond acceptors (Lipinski definition) is 2. The predicted octanol–water partition coefficient (Wildman–Crippen LogP) is 5.09. The summed E-state index contributed by atoms with van der Waals surface area (Å²) in [5.74, 6) is 0.960. The van der Waals surface area contributed by atoms with Crippen LogP contribution < -0.4 is 10.1 Å². The fourth-order valence-corrected chi connectivity index (χ4v) is 2.38. The third-order valence-corrected chi connectivity index (χ3v) is 3.48. The smallest absolute Gasteiger partial charge is 0.119 e. The summed E-state index contributed by atoms with van der Waals surface area (Å²) in [6.45, 7) is 9.72. The molecule has 0 saturated heterocycles. The highest BCUT2D eigenvalue weighted by molar-refractivity contribution is 5.29. The van der Waals surface area contributed by atoms with Crippen molar-refractivity contribution in [1.29, 1.82) is 0 Å². The average molecular weight is 277 g/mol. The van der Waals surface area contributed by atoms with E-state index in [1.54, 1.807) is 0 Å². The molecule has 1 aromatic carbocycles. The van der Waals surface area contributed by atoms with Crippen molar-refractivity contribution in [1.82, 2.24) is 5.32 Å². The Hall–Kier alpha value is -1.02. The van der Waals surface area contributed by atoms with Crippen LogP contribution in [0.15, 0.2) is 24.3 Å². The highest BCUT2D eigenvalue weighted by atomic mass is 16.5. The second-order valence-corrected chi connectivity index (χ2v) is 5.71. The van der Waals surface area contributed by atoms with Crippen molar-refractivity contribution in [2.45, 2.75) is 71.9 Å². The van der Waals surface area contributed by atoms with E-state index in [1.165, 1.54) is 31.2 Å². The van der Waals surface area contributed by atoms with Crippen LogP contribution in [0.25, 0.3) is 0 Å². The first-order valence-electron chi connectivity index (χ1n) is 8.17. The molecule has 1 aromatic rings. The van der Waals surface area contributed by atoms with E-state index in [4.69, 9.17) is 4.74 Å². The summed E-state index contributed by atoms with van der Waals surface area (Å²) >= 11 is 0. The fourth-order valence-electron chi connectivity index (χ4n) is 2.38. The van der Waals surface area contributed by atoms with Gasteiger partial charge in [0.25, 0.3) is 0 Å². The lowest BCUT2D eigenvalue weighted by molar-refractivity contribution is 0.242. The molecule has 1 rings (SSSR count). The number of rotatable bonds is 10. The Morgan fingerprint density at radius 1 is 1.00 bits per heavy atom. The lowest BCUT2D eigenvalue weighted by Crippen LogP contribution is -2.21. The molecule has 0 bridgehead atoms. The zero-order chi connectivity index (χ0) is 14.8. The average Bonchev–Trinajstić information content (AvgIpc) is 2.43. The van der Waals surface area contributed by atoms with Gasteiger partial charge in [0.1, 0.15) is 5.75 Å². The van der Waals surface area contributed by atoms with E-state index in [1.807, 2.05) is 0 Å². The summed E-state index contributed by atoms with van der Waals surface area (Å²) in [6, 6.07) is 8.99. The van der Waals surface area contributed by atoms with Crippen LogP contribution in [0.3, 0.4) is 0 Å². The van der Waals surface area contributed by atoms with E-state index in [0.29, 0.717) is 6.04 Å². The zero-order valence-corrected chi connectivity index (χ0v) is 13.6. The molecule has 0 radical (unpaired) electrons. The lowest BCUT2D eigenvalue weighted by atomic mass is 10.0. The second kappa shape index (κ2) is 9.82. The van der Waals surface area contributed by atoms with Crippen LogP contribution in [0.4, 0.5) is 0 Å². The molecule has 0 aliphatic carbocycles. The van der Waals surface area contributed by atoms with E-state index < -0.39 is 0 Å². The lowest BCUT2D eigenvalue weighted by Gasteiger charge is -2.18. The van der Waals surface area contributed by atoms with Gasteiger partial charge in [-0.25, -0.2) is 0 Å². The maximum atomic E-state index is 5.69. The van der Waals surface area contributed by atoms with E-state index in [9.17, 15) is 0 Å². The van der Waals surface area contributed by atoms with Crippen LogP contribution in [0, 0.1) is 0 Å². The van der Waals surface area contributed by atoms with E-state index in [0.717, 1.165) is 18.7 Å². The van der Waals surface area contributed by atoms with Gasteiger partial charge in [0, 0.05) is 6.04 Å². The molecule has 2 heteroatoms. The minimum absolute atomic E-state index is 0.236.